The number of benzene rings is 1. The lowest BCUT2D eigenvalue weighted by atomic mass is 10.0. The highest BCUT2D eigenvalue weighted by Gasteiger charge is 2.04. The van der Waals surface area contributed by atoms with Gasteiger partial charge >= 0.3 is 0 Å². The lowest BCUT2D eigenvalue weighted by Gasteiger charge is -2.09. The van der Waals surface area contributed by atoms with Gasteiger partial charge in [-0.15, -0.1) is 0 Å². The maximum absolute atomic E-state index is 11.5. The molecule has 1 aromatic carbocycles. The van der Waals surface area contributed by atoms with Crippen LogP contribution in [0.3, 0.4) is 0 Å². The molecule has 1 unspecified atom stereocenters. The van der Waals surface area contributed by atoms with Gasteiger partial charge in [-0.1, -0.05) is 23.8 Å². The van der Waals surface area contributed by atoms with Crippen LogP contribution in [-0.2, 0) is 11.2 Å². The van der Waals surface area contributed by atoms with Crippen molar-refractivity contribution in [3.63, 3.8) is 0 Å². The van der Waals surface area contributed by atoms with Crippen LogP contribution in [0.2, 0.25) is 0 Å². The molecule has 0 aliphatic rings. The van der Waals surface area contributed by atoms with Crippen LogP contribution < -0.4 is 11.1 Å². The minimum atomic E-state index is 0.0927. The maximum atomic E-state index is 11.5. The Bertz CT molecular complexity index is 399. The molecule has 0 spiro atoms. The SMILES string of the molecule is Cc1ccc(CCNC(=O)CCC(C)N)c(C)c1. The van der Waals surface area contributed by atoms with E-state index in [1.54, 1.807) is 0 Å². The number of nitrogens with one attached hydrogen (secondary N) is 1. The van der Waals surface area contributed by atoms with Gasteiger partial charge in [0, 0.05) is 19.0 Å². The molecule has 1 amide bonds. The molecule has 0 aliphatic carbocycles. The van der Waals surface area contributed by atoms with Crippen molar-refractivity contribution in [2.45, 2.75) is 46.1 Å². The van der Waals surface area contributed by atoms with Crippen LogP contribution in [0.1, 0.15) is 36.5 Å². The van der Waals surface area contributed by atoms with Crippen LogP contribution in [0, 0.1) is 13.8 Å². The van der Waals surface area contributed by atoms with E-state index in [2.05, 4.69) is 37.4 Å². The molecular formula is C15H24N2O. The number of rotatable bonds is 6. The van der Waals surface area contributed by atoms with Crippen LogP contribution in [0.15, 0.2) is 18.2 Å². The van der Waals surface area contributed by atoms with Crippen molar-refractivity contribution in [3.8, 4) is 0 Å². The summed E-state index contributed by atoms with van der Waals surface area (Å²) in [6.45, 7) is 6.82. The first-order chi connectivity index (χ1) is 8.49. The Morgan fingerprint density at radius 1 is 1.39 bits per heavy atom. The molecule has 100 valence electrons. The Hall–Kier alpha value is -1.35. The average Bonchev–Trinajstić information content (AvgIpc) is 2.29. The van der Waals surface area contributed by atoms with Crippen molar-refractivity contribution in [2.75, 3.05) is 6.54 Å². The van der Waals surface area contributed by atoms with Crippen LogP contribution in [0.25, 0.3) is 0 Å². The first kappa shape index (κ1) is 14.7. The Morgan fingerprint density at radius 2 is 2.11 bits per heavy atom. The van der Waals surface area contributed by atoms with E-state index in [-0.39, 0.29) is 11.9 Å². The standard InChI is InChI=1S/C15H24N2O/c1-11-4-6-14(12(2)10-11)8-9-17-15(18)7-5-13(3)16/h4,6,10,13H,5,7-9,16H2,1-3H3,(H,17,18). The zero-order chi connectivity index (χ0) is 13.5. The second-order valence-corrected chi connectivity index (χ2v) is 5.05. The zero-order valence-corrected chi connectivity index (χ0v) is 11.6. The van der Waals surface area contributed by atoms with Crippen molar-refractivity contribution in [1.29, 1.82) is 0 Å². The predicted octanol–water partition coefficient (Wildman–Crippen LogP) is 2.09. The molecular weight excluding hydrogens is 224 g/mol. The summed E-state index contributed by atoms with van der Waals surface area (Å²) in [5.41, 5.74) is 9.48. The summed E-state index contributed by atoms with van der Waals surface area (Å²) in [6.07, 6.45) is 2.15. The summed E-state index contributed by atoms with van der Waals surface area (Å²) in [5, 5.41) is 2.93. The molecule has 18 heavy (non-hydrogen) atoms. The number of hydrogen-bond acceptors (Lipinski definition) is 2. The first-order valence-electron chi connectivity index (χ1n) is 6.57. The summed E-state index contributed by atoms with van der Waals surface area (Å²) >= 11 is 0. The van der Waals surface area contributed by atoms with Gasteiger partial charge in [0.2, 0.25) is 5.91 Å². The van der Waals surface area contributed by atoms with Gasteiger partial charge < -0.3 is 11.1 Å². The summed E-state index contributed by atoms with van der Waals surface area (Å²) < 4.78 is 0. The highest BCUT2D eigenvalue weighted by molar-refractivity contribution is 5.75. The second kappa shape index (κ2) is 7.17. The lowest BCUT2D eigenvalue weighted by molar-refractivity contribution is -0.121. The van der Waals surface area contributed by atoms with Gasteiger partial charge in [0.15, 0.2) is 0 Å². The summed E-state index contributed by atoms with van der Waals surface area (Å²) in [6, 6.07) is 6.52. The van der Waals surface area contributed by atoms with E-state index in [4.69, 9.17) is 5.73 Å². The van der Waals surface area contributed by atoms with E-state index in [0.717, 1.165) is 12.8 Å². The fourth-order valence-electron chi connectivity index (χ4n) is 1.91. The molecule has 3 nitrogen and oxygen atoms in total. The van der Waals surface area contributed by atoms with Crippen LogP contribution in [0.5, 0.6) is 0 Å². The normalized spacial score (nSPS) is 12.2. The number of aryl methyl sites for hydroxylation is 2. The fraction of sp³-hybridized carbons (Fsp3) is 0.533. The van der Waals surface area contributed by atoms with E-state index in [0.29, 0.717) is 13.0 Å². The number of carbonyl (C=O) groups is 1. The van der Waals surface area contributed by atoms with Gasteiger partial charge in [0.05, 0.1) is 0 Å². The van der Waals surface area contributed by atoms with Gasteiger partial charge in [0.25, 0.3) is 0 Å². The second-order valence-electron chi connectivity index (χ2n) is 5.05. The zero-order valence-electron chi connectivity index (χ0n) is 11.6. The average molecular weight is 248 g/mol. The van der Waals surface area contributed by atoms with Crippen molar-refractivity contribution in [1.82, 2.24) is 5.32 Å². The van der Waals surface area contributed by atoms with Crippen LogP contribution in [0.4, 0.5) is 0 Å². The Morgan fingerprint density at radius 3 is 2.72 bits per heavy atom. The van der Waals surface area contributed by atoms with Crippen molar-refractivity contribution in [3.05, 3.63) is 34.9 Å². The molecule has 0 radical (unpaired) electrons. The third-order valence-electron chi connectivity index (χ3n) is 3.04. The molecule has 3 N–H and O–H groups in total. The number of carbonyl (C=O) groups excluding carboxylic acids is 1. The van der Waals surface area contributed by atoms with E-state index < -0.39 is 0 Å². The smallest absolute Gasteiger partial charge is 0.220 e. The predicted molar refractivity (Wildman–Crippen MR) is 75.5 cm³/mol. The van der Waals surface area contributed by atoms with Crippen molar-refractivity contribution in [2.24, 2.45) is 5.73 Å². The van der Waals surface area contributed by atoms with E-state index >= 15 is 0 Å². The molecule has 0 saturated carbocycles. The quantitative estimate of drug-likeness (QED) is 0.810. The van der Waals surface area contributed by atoms with Crippen molar-refractivity contribution < 1.29 is 4.79 Å². The lowest BCUT2D eigenvalue weighted by Crippen LogP contribution is -2.27. The summed E-state index contributed by atoms with van der Waals surface area (Å²) in [5.74, 6) is 0.0945. The molecule has 0 heterocycles. The number of hydrogen-bond donors (Lipinski definition) is 2. The van der Waals surface area contributed by atoms with Gasteiger partial charge in [-0.3, -0.25) is 4.79 Å². The summed E-state index contributed by atoms with van der Waals surface area (Å²) in [4.78, 5) is 11.5. The van der Waals surface area contributed by atoms with Gasteiger partial charge in [0.1, 0.15) is 0 Å². The highest BCUT2D eigenvalue weighted by atomic mass is 16.1. The Kier molecular flexibility index (Phi) is 5.86. The minimum absolute atomic E-state index is 0.0927. The van der Waals surface area contributed by atoms with Crippen LogP contribution in [-0.4, -0.2) is 18.5 Å². The van der Waals surface area contributed by atoms with Gasteiger partial charge in [-0.2, -0.15) is 0 Å². The van der Waals surface area contributed by atoms with E-state index in [1.807, 2.05) is 6.92 Å². The Balaban J connectivity index is 2.31. The van der Waals surface area contributed by atoms with Crippen LogP contribution >= 0.6 is 0 Å². The number of nitrogens with two attached hydrogens (primary N) is 1. The monoisotopic (exact) mass is 248 g/mol. The molecule has 0 aromatic heterocycles. The molecule has 1 aromatic rings. The van der Waals surface area contributed by atoms with Gasteiger partial charge in [-0.25, -0.2) is 0 Å². The molecule has 0 bridgehead atoms. The minimum Gasteiger partial charge on any atom is -0.356 e. The molecule has 0 saturated heterocycles. The van der Waals surface area contributed by atoms with Gasteiger partial charge in [-0.05, 0) is 44.7 Å². The van der Waals surface area contributed by atoms with E-state index in [1.165, 1.54) is 16.7 Å². The maximum Gasteiger partial charge on any atom is 0.220 e. The molecule has 0 aliphatic heterocycles. The summed E-state index contributed by atoms with van der Waals surface area (Å²) in [7, 11) is 0. The van der Waals surface area contributed by atoms with Crippen molar-refractivity contribution >= 4 is 5.91 Å². The topological polar surface area (TPSA) is 55.1 Å². The largest absolute Gasteiger partial charge is 0.356 e. The highest BCUT2D eigenvalue weighted by Crippen LogP contribution is 2.10. The third-order valence-corrected chi connectivity index (χ3v) is 3.04. The molecule has 0 fully saturated rings. The fourth-order valence-corrected chi connectivity index (χ4v) is 1.91. The van der Waals surface area contributed by atoms with E-state index in [9.17, 15) is 4.79 Å². The third kappa shape index (κ3) is 5.32. The molecule has 1 rings (SSSR count). The first-order valence-corrected chi connectivity index (χ1v) is 6.57. The molecule has 1 atom stereocenters. The molecule has 3 heteroatoms. The Labute approximate surface area is 110 Å². The number of amides is 1.